The number of carbonyl (C=O) groups is 1. The molecule has 0 radical (unpaired) electrons. The number of carbonyl (C=O) groups excluding carboxylic acids is 1. The molecule has 0 atom stereocenters. The quantitative estimate of drug-likeness (QED) is 0.477. The van der Waals surface area contributed by atoms with E-state index >= 15 is 0 Å². The summed E-state index contributed by atoms with van der Waals surface area (Å²) in [5.41, 5.74) is 1.65. The van der Waals surface area contributed by atoms with Gasteiger partial charge in [-0.1, -0.05) is 23.9 Å². The monoisotopic (exact) mass is 427 g/mol. The van der Waals surface area contributed by atoms with E-state index in [4.69, 9.17) is 9.47 Å². The van der Waals surface area contributed by atoms with Crippen molar-refractivity contribution >= 4 is 46.3 Å². The van der Waals surface area contributed by atoms with Gasteiger partial charge in [-0.3, -0.25) is 0 Å². The second-order valence-corrected chi connectivity index (χ2v) is 7.85. The smallest absolute Gasteiger partial charge is 0.344 e. The predicted molar refractivity (Wildman–Crippen MR) is 120 cm³/mol. The van der Waals surface area contributed by atoms with Gasteiger partial charge in [-0.15, -0.1) is 11.8 Å². The van der Waals surface area contributed by atoms with E-state index in [1.54, 1.807) is 50.1 Å². The molecule has 7 heteroatoms. The molecule has 1 aliphatic heterocycles. The summed E-state index contributed by atoms with van der Waals surface area (Å²) in [7, 11) is 1.59. The van der Waals surface area contributed by atoms with Crippen LogP contribution < -0.4 is 4.74 Å². The molecule has 1 aliphatic rings. The zero-order valence-electron chi connectivity index (χ0n) is 16.3. The van der Waals surface area contributed by atoms with Crippen molar-refractivity contribution in [3.05, 3.63) is 70.3 Å². The Hall–Kier alpha value is -2.64. The topological polar surface area (TPSA) is 68.1 Å². The molecule has 2 aromatic rings. The molecule has 150 valence electrons. The fourth-order valence-electron chi connectivity index (χ4n) is 2.62. The molecule has 5 nitrogen and oxygen atoms in total. The zero-order chi connectivity index (χ0) is 20.8. The third-order valence-electron chi connectivity index (χ3n) is 4.09. The minimum absolute atomic E-state index is 0.0830. The molecule has 0 amide bonds. The van der Waals surface area contributed by atoms with Crippen molar-refractivity contribution in [1.82, 2.24) is 0 Å². The van der Waals surface area contributed by atoms with Gasteiger partial charge >= 0.3 is 5.97 Å². The first kappa shape index (κ1) is 21.1. The lowest BCUT2D eigenvalue weighted by Crippen LogP contribution is -2.12. The van der Waals surface area contributed by atoms with Crippen LogP contribution in [0.3, 0.4) is 0 Å². The van der Waals surface area contributed by atoms with Crippen molar-refractivity contribution in [2.45, 2.75) is 11.8 Å². The van der Waals surface area contributed by atoms with Gasteiger partial charge in [-0.25, -0.2) is 9.79 Å². The molecule has 1 N–H and O–H groups in total. The average Bonchev–Trinajstić information content (AvgIpc) is 3.04. The third kappa shape index (κ3) is 5.05. The number of aliphatic hydroxyl groups excluding tert-OH is 1. The first-order valence-electron chi connectivity index (χ1n) is 8.93. The number of methoxy groups -OCH3 is 1. The molecular weight excluding hydrogens is 406 g/mol. The van der Waals surface area contributed by atoms with Crippen LogP contribution in [-0.2, 0) is 9.53 Å². The molecule has 0 aromatic heterocycles. The van der Waals surface area contributed by atoms with Crippen LogP contribution in [0.4, 0.5) is 5.69 Å². The summed E-state index contributed by atoms with van der Waals surface area (Å²) in [5.74, 6) is 0.00634. The molecule has 29 heavy (non-hydrogen) atoms. The van der Waals surface area contributed by atoms with Gasteiger partial charge in [0.05, 0.1) is 24.3 Å². The molecule has 0 saturated carbocycles. The molecule has 0 spiro atoms. The summed E-state index contributed by atoms with van der Waals surface area (Å²) >= 11 is 2.90. The minimum atomic E-state index is -0.592. The number of nitrogens with zero attached hydrogens (tertiary/aromatic N) is 1. The van der Waals surface area contributed by atoms with Crippen LogP contribution in [0.25, 0.3) is 6.08 Å². The van der Waals surface area contributed by atoms with Crippen LogP contribution >= 0.6 is 23.5 Å². The normalized spacial score (nSPS) is 16.5. The van der Waals surface area contributed by atoms with Gasteiger partial charge < -0.3 is 14.6 Å². The Morgan fingerprint density at radius 2 is 1.86 bits per heavy atom. The number of aliphatic hydroxyl groups is 1. The van der Waals surface area contributed by atoms with Crippen LogP contribution in [0.1, 0.15) is 12.5 Å². The second kappa shape index (κ2) is 9.71. The van der Waals surface area contributed by atoms with Gasteiger partial charge in [-0.05, 0) is 61.2 Å². The number of benzene rings is 2. The molecule has 1 heterocycles. The van der Waals surface area contributed by atoms with Crippen molar-refractivity contribution in [3.63, 3.8) is 0 Å². The third-order valence-corrected chi connectivity index (χ3v) is 5.85. The predicted octanol–water partition coefficient (Wildman–Crippen LogP) is 5.61. The lowest BCUT2D eigenvalue weighted by Gasteiger charge is -2.04. The Morgan fingerprint density at radius 3 is 2.45 bits per heavy atom. The average molecular weight is 428 g/mol. The van der Waals surface area contributed by atoms with Crippen LogP contribution in [0.5, 0.6) is 5.75 Å². The lowest BCUT2D eigenvalue weighted by molar-refractivity contribution is -0.138. The maximum absolute atomic E-state index is 12.5. The first-order valence-corrected chi connectivity index (χ1v) is 11.0. The maximum Gasteiger partial charge on any atom is 0.344 e. The van der Waals surface area contributed by atoms with E-state index in [9.17, 15) is 9.90 Å². The minimum Gasteiger partial charge on any atom is -0.506 e. The van der Waals surface area contributed by atoms with Gasteiger partial charge in [0.25, 0.3) is 0 Å². The van der Waals surface area contributed by atoms with Gasteiger partial charge in [0.2, 0.25) is 0 Å². The van der Waals surface area contributed by atoms with Gasteiger partial charge in [-0.2, -0.15) is 0 Å². The summed E-state index contributed by atoms with van der Waals surface area (Å²) < 4.78 is 10.3. The largest absolute Gasteiger partial charge is 0.506 e. The van der Waals surface area contributed by atoms with Crippen molar-refractivity contribution in [2.75, 3.05) is 20.0 Å². The lowest BCUT2D eigenvalue weighted by atomic mass is 10.1. The molecule has 0 bridgehead atoms. The van der Waals surface area contributed by atoms with Crippen molar-refractivity contribution in [1.29, 1.82) is 0 Å². The number of aliphatic imine (C=N–C) groups is 1. The molecule has 3 rings (SSSR count). The number of ether oxygens (including phenoxy) is 2. The van der Waals surface area contributed by atoms with Crippen LogP contribution in [0.2, 0.25) is 0 Å². The van der Waals surface area contributed by atoms with Crippen LogP contribution in [-0.4, -0.2) is 36.1 Å². The molecule has 0 fully saturated rings. The van der Waals surface area contributed by atoms with Gasteiger partial charge in [0, 0.05) is 4.90 Å². The summed E-state index contributed by atoms with van der Waals surface area (Å²) in [6.45, 7) is 1.94. The summed E-state index contributed by atoms with van der Waals surface area (Å²) in [5, 5.41) is 11.1. The van der Waals surface area contributed by atoms with Crippen molar-refractivity contribution in [2.24, 2.45) is 4.99 Å². The number of esters is 1. The number of rotatable bonds is 6. The van der Waals surface area contributed by atoms with E-state index in [2.05, 4.69) is 4.99 Å². The van der Waals surface area contributed by atoms with E-state index in [0.29, 0.717) is 21.4 Å². The highest BCUT2D eigenvalue weighted by molar-refractivity contribution is 8.18. The highest BCUT2D eigenvalue weighted by Gasteiger charge is 2.33. The van der Waals surface area contributed by atoms with Crippen LogP contribution in [0.15, 0.2) is 74.7 Å². The fraction of sp³-hybridized carbons (Fsp3) is 0.182. The summed E-state index contributed by atoms with van der Waals surface area (Å²) in [4.78, 5) is 18.7. The van der Waals surface area contributed by atoms with Crippen molar-refractivity contribution < 1.29 is 19.4 Å². The van der Waals surface area contributed by atoms with E-state index in [0.717, 1.165) is 10.5 Å². The first-order chi connectivity index (χ1) is 14.0. The summed E-state index contributed by atoms with van der Waals surface area (Å²) in [6, 6.07) is 15.1. The van der Waals surface area contributed by atoms with E-state index in [1.807, 2.05) is 36.6 Å². The Bertz CT molecular complexity index is 977. The highest BCUT2D eigenvalue weighted by Crippen LogP contribution is 2.40. The summed E-state index contributed by atoms with van der Waals surface area (Å²) in [6.07, 6.45) is 3.85. The van der Waals surface area contributed by atoms with Gasteiger partial charge in [0.1, 0.15) is 22.1 Å². The number of hydrogen-bond acceptors (Lipinski definition) is 7. The Morgan fingerprint density at radius 1 is 1.17 bits per heavy atom. The molecule has 0 unspecified atom stereocenters. The maximum atomic E-state index is 12.5. The van der Waals surface area contributed by atoms with E-state index in [1.165, 1.54) is 11.8 Å². The van der Waals surface area contributed by atoms with Gasteiger partial charge in [0.15, 0.2) is 0 Å². The SMILES string of the molecule is CCOC(=O)C1=C(O)/C(=C/c2ccc(SC)cc2)SC1=Nc1ccc(OC)cc1. The molecule has 2 aromatic carbocycles. The Kier molecular flexibility index (Phi) is 7.06. The number of hydrogen-bond donors (Lipinski definition) is 1. The second-order valence-electron chi connectivity index (χ2n) is 5.94. The van der Waals surface area contributed by atoms with Crippen molar-refractivity contribution in [3.8, 4) is 5.75 Å². The van der Waals surface area contributed by atoms with E-state index < -0.39 is 5.97 Å². The Labute approximate surface area is 178 Å². The van der Waals surface area contributed by atoms with E-state index in [-0.39, 0.29) is 17.9 Å². The molecular formula is C22H21NO4S2. The fourth-order valence-corrected chi connectivity index (χ4v) is 4.06. The molecule has 0 aliphatic carbocycles. The zero-order valence-corrected chi connectivity index (χ0v) is 18.0. The Balaban J connectivity index is 1.98. The molecule has 0 saturated heterocycles. The standard InChI is InChI=1S/C22H21NO4S2/c1-4-27-22(25)19-20(24)18(13-14-5-11-17(28-3)12-6-14)29-21(19)23-15-7-9-16(26-2)10-8-15/h5-13,24H,4H2,1-3H3/b18-13-,23-21?. The van der Waals surface area contributed by atoms with Crippen LogP contribution in [0, 0.1) is 0 Å². The highest BCUT2D eigenvalue weighted by atomic mass is 32.2. The number of thioether (sulfide) groups is 2.